The van der Waals surface area contributed by atoms with Gasteiger partial charge in [0.1, 0.15) is 0 Å². The fourth-order valence-electron chi connectivity index (χ4n) is 2.50. The molecule has 0 aliphatic rings. The highest BCUT2D eigenvalue weighted by molar-refractivity contribution is 4.63. The van der Waals surface area contributed by atoms with Crippen LogP contribution in [0.1, 0.15) is 79.6 Å². The van der Waals surface area contributed by atoms with Crippen molar-refractivity contribution in [1.82, 2.24) is 10.2 Å². The zero-order valence-corrected chi connectivity index (χ0v) is 14.9. The second kappa shape index (κ2) is 13.9. The molecular formula is C18H40N2. The molecule has 0 aliphatic carbocycles. The van der Waals surface area contributed by atoms with Crippen LogP contribution in [0.3, 0.4) is 0 Å². The molecule has 0 fully saturated rings. The summed E-state index contributed by atoms with van der Waals surface area (Å²) in [5.74, 6) is 0.776. The lowest BCUT2D eigenvalue weighted by Crippen LogP contribution is -2.32. The third kappa shape index (κ3) is 12.9. The fraction of sp³-hybridized carbons (Fsp3) is 1.00. The maximum atomic E-state index is 3.53. The molecule has 0 saturated carbocycles. The first-order valence-electron chi connectivity index (χ1n) is 9.02. The molecule has 0 bridgehead atoms. The van der Waals surface area contributed by atoms with Gasteiger partial charge < -0.3 is 10.2 Å². The summed E-state index contributed by atoms with van der Waals surface area (Å²) in [6.07, 6.45) is 9.55. The van der Waals surface area contributed by atoms with Crippen LogP contribution in [0.2, 0.25) is 0 Å². The van der Waals surface area contributed by atoms with Crippen LogP contribution >= 0.6 is 0 Å². The molecule has 2 heteroatoms. The predicted octanol–water partition coefficient (Wildman–Crippen LogP) is 4.69. The number of unbranched alkanes of at least 4 members (excludes halogenated alkanes) is 5. The molecule has 0 unspecified atom stereocenters. The molecule has 1 N–H and O–H groups in total. The zero-order chi connectivity index (χ0) is 15.2. The van der Waals surface area contributed by atoms with Gasteiger partial charge in [0, 0.05) is 6.04 Å². The number of rotatable bonds is 14. The highest BCUT2D eigenvalue weighted by Crippen LogP contribution is 2.07. The first-order chi connectivity index (χ1) is 9.57. The van der Waals surface area contributed by atoms with Crippen molar-refractivity contribution in [2.24, 2.45) is 5.92 Å². The molecule has 0 radical (unpaired) electrons. The van der Waals surface area contributed by atoms with Gasteiger partial charge >= 0.3 is 0 Å². The molecule has 0 heterocycles. The minimum absolute atomic E-state index is 0.708. The lowest BCUT2D eigenvalue weighted by Gasteiger charge is -2.26. The standard InChI is InChI=1S/C18H40N2/c1-6-7-11-14-20(18(4)5)15-12-9-8-10-13-19-16-17(2)3/h17-19H,6-16H2,1-5H3. The van der Waals surface area contributed by atoms with Gasteiger partial charge in [-0.3, -0.25) is 0 Å². The van der Waals surface area contributed by atoms with Crippen molar-refractivity contribution in [3.63, 3.8) is 0 Å². The summed E-state index contributed by atoms with van der Waals surface area (Å²) in [5, 5.41) is 3.53. The first-order valence-corrected chi connectivity index (χ1v) is 9.02. The Bertz CT molecular complexity index is 190. The lowest BCUT2D eigenvalue weighted by atomic mass is 10.1. The van der Waals surface area contributed by atoms with Gasteiger partial charge in [0.2, 0.25) is 0 Å². The van der Waals surface area contributed by atoms with Gasteiger partial charge in [-0.2, -0.15) is 0 Å². The molecule has 0 atom stereocenters. The van der Waals surface area contributed by atoms with Gasteiger partial charge in [-0.1, -0.05) is 46.5 Å². The van der Waals surface area contributed by atoms with Crippen LogP contribution in [0.25, 0.3) is 0 Å². The van der Waals surface area contributed by atoms with E-state index in [1.54, 1.807) is 0 Å². The molecule has 0 aromatic carbocycles. The monoisotopic (exact) mass is 284 g/mol. The third-order valence-electron chi connectivity index (χ3n) is 3.88. The van der Waals surface area contributed by atoms with Gasteiger partial charge in [0.15, 0.2) is 0 Å². The van der Waals surface area contributed by atoms with Crippen molar-refractivity contribution >= 4 is 0 Å². The van der Waals surface area contributed by atoms with Crippen LogP contribution < -0.4 is 5.32 Å². The van der Waals surface area contributed by atoms with E-state index in [1.807, 2.05) is 0 Å². The van der Waals surface area contributed by atoms with Crippen molar-refractivity contribution < 1.29 is 0 Å². The van der Waals surface area contributed by atoms with Crippen molar-refractivity contribution in [3.05, 3.63) is 0 Å². The van der Waals surface area contributed by atoms with Gasteiger partial charge in [-0.15, -0.1) is 0 Å². The number of hydrogen-bond acceptors (Lipinski definition) is 2. The highest BCUT2D eigenvalue weighted by atomic mass is 15.1. The Hall–Kier alpha value is -0.0800. The van der Waals surface area contributed by atoms with Gasteiger partial charge in [0.05, 0.1) is 0 Å². The molecular weight excluding hydrogens is 244 g/mol. The maximum absolute atomic E-state index is 3.53. The maximum Gasteiger partial charge on any atom is 0.00385 e. The van der Waals surface area contributed by atoms with E-state index >= 15 is 0 Å². The summed E-state index contributed by atoms with van der Waals surface area (Å²) in [7, 11) is 0. The average Bonchev–Trinajstić information content (AvgIpc) is 2.39. The lowest BCUT2D eigenvalue weighted by molar-refractivity contribution is 0.212. The largest absolute Gasteiger partial charge is 0.316 e. The van der Waals surface area contributed by atoms with E-state index in [0.717, 1.165) is 5.92 Å². The third-order valence-corrected chi connectivity index (χ3v) is 3.88. The molecule has 0 aromatic heterocycles. The number of nitrogens with one attached hydrogen (secondary N) is 1. The Morgan fingerprint density at radius 2 is 1.40 bits per heavy atom. The van der Waals surface area contributed by atoms with E-state index in [-0.39, 0.29) is 0 Å². The molecule has 122 valence electrons. The van der Waals surface area contributed by atoms with E-state index in [1.165, 1.54) is 71.1 Å². The summed E-state index contributed by atoms with van der Waals surface area (Å²) in [5.41, 5.74) is 0. The smallest absolute Gasteiger partial charge is 0.00385 e. The molecule has 0 aliphatic heterocycles. The van der Waals surface area contributed by atoms with Crippen molar-refractivity contribution in [3.8, 4) is 0 Å². The summed E-state index contributed by atoms with van der Waals surface area (Å²) >= 11 is 0. The quantitative estimate of drug-likeness (QED) is 0.465. The SMILES string of the molecule is CCCCCN(CCCCCCNCC(C)C)C(C)C. The van der Waals surface area contributed by atoms with Crippen LogP contribution in [-0.2, 0) is 0 Å². The molecule has 0 rings (SSSR count). The Kier molecular flexibility index (Phi) is 13.8. The Labute approximate surface area is 128 Å². The molecule has 20 heavy (non-hydrogen) atoms. The van der Waals surface area contributed by atoms with E-state index in [2.05, 4.69) is 44.8 Å². The minimum atomic E-state index is 0.708. The van der Waals surface area contributed by atoms with Crippen molar-refractivity contribution in [2.75, 3.05) is 26.2 Å². The first kappa shape index (κ1) is 19.9. The molecule has 0 saturated heterocycles. The zero-order valence-electron chi connectivity index (χ0n) is 14.9. The van der Waals surface area contributed by atoms with Gasteiger partial charge in [0.25, 0.3) is 0 Å². The summed E-state index contributed by atoms with van der Waals surface area (Å²) < 4.78 is 0. The van der Waals surface area contributed by atoms with Crippen LogP contribution in [0.5, 0.6) is 0 Å². The van der Waals surface area contributed by atoms with Crippen LogP contribution in [0.15, 0.2) is 0 Å². The predicted molar refractivity (Wildman–Crippen MR) is 92.4 cm³/mol. The van der Waals surface area contributed by atoms with Crippen LogP contribution in [0.4, 0.5) is 0 Å². The van der Waals surface area contributed by atoms with E-state index < -0.39 is 0 Å². The normalized spacial score (nSPS) is 12.0. The molecule has 0 spiro atoms. The second-order valence-electron chi connectivity index (χ2n) is 6.85. The molecule has 0 aromatic rings. The Morgan fingerprint density at radius 3 is 1.95 bits per heavy atom. The Balaban J connectivity index is 3.44. The van der Waals surface area contributed by atoms with Crippen molar-refractivity contribution in [1.29, 1.82) is 0 Å². The molecule has 0 amide bonds. The average molecular weight is 285 g/mol. The van der Waals surface area contributed by atoms with Gasteiger partial charge in [-0.25, -0.2) is 0 Å². The topological polar surface area (TPSA) is 15.3 Å². The summed E-state index contributed by atoms with van der Waals surface area (Å²) in [6, 6.07) is 0.708. The Morgan fingerprint density at radius 1 is 0.800 bits per heavy atom. The highest BCUT2D eigenvalue weighted by Gasteiger charge is 2.07. The van der Waals surface area contributed by atoms with Gasteiger partial charge in [-0.05, 0) is 65.2 Å². The molecule has 2 nitrogen and oxygen atoms in total. The van der Waals surface area contributed by atoms with Crippen LogP contribution in [0, 0.1) is 5.92 Å². The number of nitrogens with zero attached hydrogens (tertiary/aromatic N) is 1. The second-order valence-corrected chi connectivity index (χ2v) is 6.85. The van der Waals surface area contributed by atoms with Crippen LogP contribution in [-0.4, -0.2) is 37.1 Å². The van der Waals surface area contributed by atoms with E-state index in [0.29, 0.717) is 6.04 Å². The summed E-state index contributed by atoms with van der Waals surface area (Å²) in [4.78, 5) is 2.66. The van der Waals surface area contributed by atoms with Crippen molar-refractivity contribution in [2.45, 2.75) is 85.6 Å². The summed E-state index contributed by atoms with van der Waals surface area (Å²) in [6.45, 7) is 16.4. The minimum Gasteiger partial charge on any atom is -0.316 e. The van der Waals surface area contributed by atoms with E-state index in [9.17, 15) is 0 Å². The van der Waals surface area contributed by atoms with E-state index in [4.69, 9.17) is 0 Å². The fourth-order valence-corrected chi connectivity index (χ4v) is 2.50. The number of hydrogen-bond donors (Lipinski definition) is 1.